The number of hydrogen-bond donors (Lipinski definition) is 3. The number of benzene rings is 4. The molecule has 2 unspecified atom stereocenters. The first kappa shape index (κ1) is 67.1. The van der Waals surface area contributed by atoms with Crippen molar-refractivity contribution in [1.82, 2.24) is 24.9 Å². The van der Waals surface area contributed by atoms with Crippen molar-refractivity contribution in [2.75, 3.05) is 39.3 Å². The van der Waals surface area contributed by atoms with Gasteiger partial charge in [0.15, 0.2) is 11.6 Å². The van der Waals surface area contributed by atoms with E-state index in [1.807, 2.05) is 29.2 Å². The highest BCUT2D eigenvalue weighted by Crippen LogP contribution is 2.35. The summed E-state index contributed by atoms with van der Waals surface area (Å²) in [4.78, 5) is 85.8. The fourth-order valence-corrected chi connectivity index (χ4v) is 13.4. The van der Waals surface area contributed by atoms with Crippen LogP contribution in [0.1, 0.15) is 126 Å². The highest BCUT2D eigenvalue weighted by Gasteiger charge is 2.47. The van der Waals surface area contributed by atoms with Gasteiger partial charge < -0.3 is 26.6 Å². The largest absolute Gasteiger partial charge is 0.356 e. The molecular weight excluding hydrogens is 1160 g/mol. The Morgan fingerprint density at radius 2 is 1.05 bits per heavy atom. The second kappa shape index (κ2) is 32.5. The van der Waals surface area contributed by atoms with E-state index in [0.717, 1.165) is 88.3 Å². The smallest absolute Gasteiger partial charge is 0.240 e. The van der Waals surface area contributed by atoms with Gasteiger partial charge in [0.05, 0.1) is 44.3 Å². The Balaban J connectivity index is 0.000000218. The van der Waals surface area contributed by atoms with Gasteiger partial charge in [0.25, 0.3) is 0 Å². The van der Waals surface area contributed by atoms with E-state index in [0.29, 0.717) is 103 Å². The molecule has 84 heavy (non-hydrogen) atoms. The number of aryl methyl sites for hydroxylation is 4. The van der Waals surface area contributed by atoms with Crippen LogP contribution in [0.4, 0.5) is 0 Å². The van der Waals surface area contributed by atoms with E-state index in [2.05, 4.69) is 70.6 Å². The lowest BCUT2D eigenvalue weighted by Crippen LogP contribution is -2.51. The molecule has 8 atom stereocenters. The van der Waals surface area contributed by atoms with Crippen LogP contribution in [-0.2, 0) is 54.5 Å². The Morgan fingerprint density at radius 1 is 0.583 bits per heavy atom. The van der Waals surface area contributed by atoms with E-state index in [-0.39, 0.29) is 84.4 Å². The number of carbonyl (C=O) groups excluding carboxylic acids is 6. The van der Waals surface area contributed by atoms with Crippen molar-refractivity contribution in [2.45, 2.75) is 172 Å². The Hall–Kier alpha value is -4.41. The molecule has 4 aliphatic heterocycles. The van der Waals surface area contributed by atoms with Crippen LogP contribution in [0, 0.1) is 17.8 Å². The average molecular weight is 1250 g/mol. The van der Waals surface area contributed by atoms with Crippen molar-refractivity contribution in [2.24, 2.45) is 29.2 Å². The summed E-state index contributed by atoms with van der Waals surface area (Å²) in [5.74, 6) is 0.995. The number of nitrogens with zero attached hydrogens (tertiary/aromatic N) is 4. The molecule has 4 aromatic carbocycles. The molecule has 4 heterocycles. The number of Topliss-reactive ketones (excluding diaryl/α,β-unsaturated/α-hetero) is 2. The summed E-state index contributed by atoms with van der Waals surface area (Å²) in [6.07, 6.45) is 13.4. The molecule has 4 aromatic rings. The molecule has 4 saturated heterocycles. The van der Waals surface area contributed by atoms with Crippen molar-refractivity contribution >= 4 is 92.5 Å². The molecule has 13 nitrogen and oxygen atoms in total. The summed E-state index contributed by atoms with van der Waals surface area (Å²) in [7, 11) is 0. The molecule has 0 radical (unpaired) electrons. The highest BCUT2D eigenvalue weighted by atomic mass is 35.5. The van der Waals surface area contributed by atoms with E-state index < -0.39 is 12.1 Å². The molecule has 10 rings (SSSR count). The Kier molecular flexibility index (Phi) is 26.0. The van der Waals surface area contributed by atoms with Gasteiger partial charge in [-0.3, -0.25) is 38.6 Å². The molecule has 18 heteroatoms. The molecule has 0 bridgehead atoms. The highest BCUT2D eigenvalue weighted by molar-refractivity contribution is 6.64. The zero-order chi connectivity index (χ0) is 59.2. The Morgan fingerprint density at radius 3 is 1.49 bits per heavy atom. The third-order valence-corrected chi connectivity index (χ3v) is 19.2. The normalized spacial score (nSPS) is 23.0. The van der Waals surface area contributed by atoms with Gasteiger partial charge in [-0.2, -0.15) is 0 Å². The van der Waals surface area contributed by atoms with E-state index in [4.69, 9.17) is 69.5 Å². The molecular formula is C66H86Cl5N7O6. The van der Waals surface area contributed by atoms with Crippen molar-refractivity contribution in [3.8, 4) is 0 Å². The summed E-state index contributed by atoms with van der Waals surface area (Å²) in [6, 6.07) is 30.7. The van der Waals surface area contributed by atoms with Crippen LogP contribution in [-0.4, -0.2) is 136 Å². The van der Waals surface area contributed by atoms with Crippen molar-refractivity contribution in [3.05, 3.63) is 139 Å². The predicted molar refractivity (Wildman–Crippen MR) is 339 cm³/mol. The van der Waals surface area contributed by atoms with E-state index in [1.165, 1.54) is 11.1 Å². The van der Waals surface area contributed by atoms with E-state index >= 15 is 0 Å². The maximum atomic E-state index is 14.1. The van der Waals surface area contributed by atoms with E-state index in [9.17, 15) is 28.8 Å². The average Bonchev–Trinajstić information content (AvgIpc) is 4.61. The topological polar surface area (TPSA) is 179 Å². The summed E-state index contributed by atoms with van der Waals surface area (Å²) < 4.78 is 0. The first-order chi connectivity index (χ1) is 40.0. The van der Waals surface area contributed by atoms with Crippen LogP contribution >= 0.6 is 58.0 Å². The molecule has 0 aromatic heterocycles. The fourth-order valence-electron chi connectivity index (χ4n) is 12.5. The van der Waals surface area contributed by atoms with E-state index in [1.54, 1.807) is 29.2 Å². The van der Waals surface area contributed by atoms with Crippen molar-refractivity contribution in [3.63, 3.8) is 0 Å². The first-order valence-electron chi connectivity index (χ1n) is 30.0. The number of ketones is 2. The lowest BCUT2D eigenvalue weighted by atomic mass is 9.98. The number of nitrogens with two attached hydrogens (primary N) is 2. The summed E-state index contributed by atoms with van der Waals surface area (Å²) in [5, 5.41) is 4.76. The lowest BCUT2D eigenvalue weighted by Gasteiger charge is -2.32. The molecule has 6 aliphatic rings. The standard InChI is InChI=1S/C32H40Cl2N4O3.C29H37Cl2N3O2.C4H5ClO.CH4/c33-26-12-7-22(18-27(26)34)8-13-30(39)28(14-16-36-31(40)23-9-10-23)37-17-15-25(11-6-21-4-2-1-3-5-21)38-20-24(35)19-29(38)32(37)41;1-20-17-27-29(36)33(16-14-23(34(27)19-20)10-7-21-5-3-2-4-6-21)26(13-15-32)28(35)12-9-22-8-11-24(30)25(31)18-22;5-4(6)3-1-2-3;/h1-5,7,12,18,23-25,28-29H,6,8-11,13-17,19-20,35H2,(H,36,40);2-6,8,11,18,20,23,26-27H,7,9-10,12-17,19,32H2,1H3;3H,1-2H2;1H4/t24-,25?,28-,29+;20-,23?,26-,27+;;/m11../s1. The third-order valence-electron chi connectivity index (χ3n) is 17.4. The molecule has 0 spiro atoms. The number of carbonyl (C=O) groups is 6. The van der Waals surface area contributed by atoms with Crippen LogP contribution in [0.3, 0.4) is 0 Å². The lowest BCUT2D eigenvalue weighted by molar-refractivity contribution is -0.142. The maximum Gasteiger partial charge on any atom is 0.240 e. The molecule has 6 fully saturated rings. The van der Waals surface area contributed by atoms with Gasteiger partial charge in [0.1, 0.15) is 0 Å². The zero-order valence-electron chi connectivity index (χ0n) is 47.8. The number of halogens is 5. The molecule has 5 N–H and O–H groups in total. The van der Waals surface area contributed by atoms with Gasteiger partial charge in [0.2, 0.25) is 23.0 Å². The zero-order valence-corrected chi connectivity index (χ0v) is 51.5. The maximum absolute atomic E-state index is 14.1. The minimum absolute atomic E-state index is 0. The van der Waals surface area contributed by atoms with Crippen molar-refractivity contribution in [1.29, 1.82) is 0 Å². The van der Waals surface area contributed by atoms with Crippen LogP contribution in [0.2, 0.25) is 20.1 Å². The number of fused-ring (bicyclic) bond motifs is 2. The third kappa shape index (κ3) is 19.0. The van der Waals surface area contributed by atoms with Crippen LogP contribution in [0.5, 0.6) is 0 Å². The number of amides is 3. The quantitative estimate of drug-likeness (QED) is 0.0605. The number of rotatable bonds is 23. The van der Waals surface area contributed by atoms with Crippen molar-refractivity contribution < 1.29 is 28.8 Å². The molecule has 3 amide bonds. The van der Waals surface area contributed by atoms with Gasteiger partial charge in [-0.15, -0.1) is 0 Å². The Bertz CT molecular complexity index is 2840. The van der Waals surface area contributed by atoms with Crippen LogP contribution in [0.25, 0.3) is 0 Å². The minimum Gasteiger partial charge on any atom is -0.356 e. The second-order valence-corrected chi connectivity index (χ2v) is 25.7. The van der Waals surface area contributed by atoms with Crippen LogP contribution < -0.4 is 16.8 Å². The van der Waals surface area contributed by atoms with Gasteiger partial charge in [-0.25, -0.2) is 0 Å². The fraction of sp³-hybridized carbons (Fsp3) is 0.545. The second-order valence-electron chi connectivity index (χ2n) is 23.7. The molecule has 456 valence electrons. The Labute approximate surface area is 523 Å². The van der Waals surface area contributed by atoms with Gasteiger partial charge in [-0.1, -0.05) is 134 Å². The molecule has 2 saturated carbocycles. The summed E-state index contributed by atoms with van der Waals surface area (Å²) in [5.41, 5.74) is 16.8. The molecule has 2 aliphatic carbocycles. The monoisotopic (exact) mass is 1250 g/mol. The van der Waals surface area contributed by atoms with Crippen LogP contribution in [0.15, 0.2) is 97.1 Å². The SMILES string of the molecule is C.C[C@@H]1C[C@H]2C(=O)N([C@H](CCN)C(=O)CCc3ccc(Cl)c(Cl)c3)CCC(CCc3ccccc3)N2C1.N[C@@H]1C[C@H]2C(=O)N([C@H](CCNC(=O)C3CC3)C(=O)CCc3ccc(Cl)c(Cl)c3)CCC(CCc3ccccc3)N2C1.O=C(Cl)C1CC1. The van der Waals surface area contributed by atoms with Gasteiger partial charge >= 0.3 is 0 Å². The predicted octanol–water partition coefficient (Wildman–Crippen LogP) is 11.4. The van der Waals surface area contributed by atoms with Gasteiger partial charge in [-0.05, 0) is 173 Å². The van der Waals surface area contributed by atoms with Gasteiger partial charge in [0, 0.05) is 75.5 Å². The summed E-state index contributed by atoms with van der Waals surface area (Å²) >= 11 is 29.5. The first-order valence-corrected chi connectivity index (χ1v) is 31.9. The summed E-state index contributed by atoms with van der Waals surface area (Å²) in [6.45, 7) is 5.71. The number of nitrogens with one attached hydrogen (secondary N) is 1. The minimum atomic E-state index is -0.601. The number of hydrogen-bond acceptors (Lipinski definition) is 10.